The van der Waals surface area contributed by atoms with Crippen LogP contribution in [0, 0.1) is 13.8 Å². The van der Waals surface area contributed by atoms with Gasteiger partial charge in [-0.15, -0.1) is 0 Å². The summed E-state index contributed by atoms with van der Waals surface area (Å²) in [6.07, 6.45) is 0. The lowest BCUT2D eigenvalue weighted by molar-refractivity contribution is 0.408. The Kier molecular flexibility index (Phi) is 4.71. The van der Waals surface area contributed by atoms with E-state index in [-0.39, 0.29) is 4.83 Å². The van der Waals surface area contributed by atoms with E-state index in [9.17, 15) is 0 Å². The van der Waals surface area contributed by atoms with Crippen LogP contribution >= 0.6 is 15.9 Å². The predicted molar refractivity (Wildman–Crippen MR) is 86.2 cm³/mol. The van der Waals surface area contributed by atoms with Crippen LogP contribution in [0.25, 0.3) is 0 Å². The molecule has 0 spiro atoms. The zero-order chi connectivity index (χ0) is 14.7. The standard InChI is InChI=1S/C17H19BrO2/c1-11-8-14(9-12(2)17(11)20-4)16(18)13-6-5-7-15(10-13)19-3/h5-10,16H,1-4H3. The van der Waals surface area contributed by atoms with Gasteiger partial charge in [0, 0.05) is 0 Å². The molecule has 0 radical (unpaired) electrons. The fourth-order valence-corrected chi connectivity index (χ4v) is 2.99. The molecule has 2 aromatic rings. The average molecular weight is 335 g/mol. The van der Waals surface area contributed by atoms with E-state index in [0.29, 0.717) is 0 Å². The number of halogens is 1. The van der Waals surface area contributed by atoms with E-state index in [2.05, 4.69) is 48.0 Å². The first-order valence-corrected chi connectivity index (χ1v) is 7.41. The Balaban J connectivity index is 2.40. The van der Waals surface area contributed by atoms with Gasteiger partial charge in [0.2, 0.25) is 0 Å². The molecule has 2 nitrogen and oxygen atoms in total. The van der Waals surface area contributed by atoms with Crippen LogP contribution in [0.2, 0.25) is 0 Å². The van der Waals surface area contributed by atoms with Crippen molar-refractivity contribution in [2.75, 3.05) is 14.2 Å². The first-order chi connectivity index (χ1) is 9.56. The molecule has 2 aromatic carbocycles. The Morgan fingerprint density at radius 3 is 2.10 bits per heavy atom. The van der Waals surface area contributed by atoms with Crippen molar-refractivity contribution in [2.45, 2.75) is 18.7 Å². The van der Waals surface area contributed by atoms with Gasteiger partial charge in [-0.2, -0.15) is 0 Å². The molecule has 1 unspecified atom stereocenters. The molecule has 106 valence electrons. The first-order valence-electron chi connectivity index (χ1n) is 6.50. The lowest BCUT2D eigenvalue weighted by Gasteiger charge is -2.16. The number of hydrogen-bond donors (Lipinski definition) is 0. The third-order valence-corrected chi connectivity index (χ3v) is 4.42. The normalized spacial score (nSPS) is 12.1. The molecule has 0 aliphatic heterocycles. The lowest BCUT2D eigenvalue weighted by Crippen LogP contribution is -1.98. The van der Waals surface area contributed by atoms with Crippen LogP contribution in [-0.2, 0) is 0 Å². The van der Waals surface area contributed by atoms with Gasteiger partial charge >= 0.3 is 0 Å². The highest BCUT2D eigenvalue weighted by Crippen LogP contribution is 2.36. The van der Waals surface area contributed by atoms with Gasteiger partial charge in [0.1, 0.15) is 11.5 Å². The Bertz CT molecular complexity index is 585. The van der Waals surface area contributed by atoms with Crippen LogP contribution in [0.4, 0.5) is 0 Å². The molecule has 3 heteroatoms. The number of ether oxygens (including phenoxy) is 2. The summed E-state index contributed by atoms with van der Waals surface area (Å²) in [5, 5.41) is 0. The van der Waals surface area contributed by atoms with Gasteiger partial charge in [-0.3, -0.25) is 0 Å². The first kappa shape index (κ1) is 14.9. The van der Waals surface area contributed by atoms with E-state index in [4.69, 9.17) is 9.47 Å². The molecular formula is C17H19BrO2. The highest BCUT2D eigenvalue weighted by molar-refractivity contribution is 9.09. The fourth-order valence-electron chi connectivity index (χ4n) is 2.44. The molecule has 0 aliphatic carbocycles. The van der Waals surface area contributed by atoms with Gasteiger partial charge < -0.3 is 9.47 Å². The molecule has 0 aliphatic rings. The Morgan fingerprint density at radius 2 is 1.55 bits per heavy atom. The third-order valence-electron chi connectivity index (χ3n) is 3.37. The van der Waals surface area contributed by atoms with Gasteiger partial charge in [-0.25, -0.2) is 0 Å². The van der Waals surface area contributed by atoms with Gasteiger partial charge in [0.05, 0.1) is 19.0 Å². The molecule has 0 heterocycles. The molecule has 1 atom stereocenters. The molecule has 0 amide bonds. The number of aryl methyl sites for hydroxylation is 2. The van der Waals surface area contributed by atoms with Crippen molar-refractivity contribution in [1.82, 2.24) is 0 Å². The van der Waals surface area contributed by atoms with E-state index in [1.807, 2.05) is 18.2 Å². The summed E-state index contributed by atoms with van der Waals surface area (Å²) in [7, 11) is 3.40. The molecule has 0 bridgehead atoms. The summed E-state index contributed by atoms with van der Waals surface area (Å²) in [6.45, 7) is 4.14. The van der Waals surface area contributed by atoms with Crippen molar-refractivity contribution in [3.05, 3.63) is 58.7 Å². The van der Waals surface area contributed by atoms with E-state index < -0.39 is 0 Å². The van der Waals surface area contributed by atoms with Crippen molar-refractivity contribution in [3.63, 3.8) is 0 Å². The van der Waals surface area contributed by atoms with Crippen LogP contribution in [-0.4, -0.2) is 14.2 Å². The SMILES string of the molecule is COc1cccc(C(Br)c2cc(C)c(OC)c(C)c2)c1. The number of alkyl halides is 1. The number of methoxy groups -OCH3 is 2. The predicted octanol–water partition coefficient (Wildman–Crippen LogP) is 4.80. The van der Waals surface area contributed by atoms with Crippen LogP contribution in [0.3, 0.4) is 0 Å². The summed E-state index contributed by atoms with van der Waals surface area (Å²) < 4.78 is 10.7. The van der Waals surface area contributed by atoms with Crippen LogP contribution < -0.4 is 9.47 Å². The van der Waals surface area contributed by atoms with Crippen molar-refractivity contribution in [3.8, 4) is 11.5 Å². The molecule has 20 heavy (non-hydrogen) atoms. The largest absolute Gasteiger partial charge is 0.497 e. The molecule has 0 N–H and O–H groups in total. The summed E-state index contributed by atoms with van der Waals surface area (Å²) in [5.41, 5.74) is 4.69. The quantitative estimate of drug-likeness (QED) is 0.747. The zero-order valence-corrected chi connectivity index (χ0v) is 13.8. The zero-order valence-electron chi connectivity index (χ0n) is 12.2. The van der Waals surface area contributed by atoms with E-state index in [1.54, 1.807) is 14.2 Å². The second kappa shape index (κ2) is 6.31. The molecule has 0 saturated heterocycles. The maximum atomic E-state index is 5.42. The van der Waals surface area contributed by atoms with E-state index in [1.165, 1.54) is 11.1 Å². The highest BCUT2D eigenvalue weighted by Gasteiger charge is 2.14. The minimum absolute atomic E-state index is 0.140. The topological polar surface area (TPSA) is 18.5 Å². The van der Waals surface area contributed by atoms with E-state index in [0.717, 1.165) is 22.6 Å². The number of rotatable bonds is 4. The maximum Gasteiger partial charge on any atom is 0.124 e. The second-order valence-electron chi connectivity index (χ2n) is 4.83. The average Bonchev–Trinajstić information content (AvgIpc) is 2.46. The summed E-state index contributed by atoms with van der Waals surface area (Å²) >= 11 is 3.78. The van der Waals surface area contributed by atoms with Crippen molar-refractivity contribution >= 4 is 15.9 Å². The second-order valence-corrected chi connectivity index (χ2v) is 5.74. The van der Waals surface area contributed by atoms with Crippen LogP contribution in [0.1, 0.15) is 27.1 Å². The third kappa shape index (κ3) is 2.98. The monoisotopic (exact) mass is 334 g/mol. The van der Waals surface area contributed by atoms with Crippen LogP contribution in [0.5, 0.6) is 11.5 Å². The van der Waals surface area contributed by atoms with Crippen molar-refractivity contribution in [2.24, 2.45) is 0 Å². The number of hydrogen-bond acceptors (Lipinski definition) is 2. The Morgan fingerprint density at radius 1 is 0.900 bits per heavy atom. The van der Waals surface area contributed by atoms with Gasteiger partial charge in [-0.05, 0) is 48.2 Å². The smallest absolute Gasteiger partial charge is 0.124 e. The molecule has 2 rings (SSSR count). The molecule has 0 saturated carbocycles. The fraction of sp³-hybridized carbons (Fsp3) is 0.294. The molecule has 0 fully saturated rings. The van der Waals surface area contributed by atoms with Gasteiger partial charge in [-0.1, -0.05) is 40.2 Å². The molecular weight excluding hydrogens is 316 g/mol. The number of benzene rings is 2. The van der Waals surface area contributed by atoms with Gasteiger partial charge in [0.15, 0.2) is 0 Å². The minimum atomic E-state index is 0.140. The summed E-state index contributed by atoms with van der Waals surface area (Å²) in [6, 6.07) is 12.4. The highest BCUT2D eigenvalue weighted by atomic mass is 79.9. The minimum Gasteiger partial charge on any atom is -0.497 e. The maximum absolute atomic E-state index is 5.42. The Labute approximate surface area is 128 Å². The Hall–Kier alpha value is -1.48. The van der Waals surface area contributed by atoms with Crippen molar-refractivity contribution < 1.29 is 9.47 Å². The lowest BCUT2D eigenvalue weighted by atomic mass is 9.99. The molecule has 0 aromatic heterocycles. The van der Waals surface area contributed by atoms with Gasteiger partial charge in [0.25, 0.3) is 0 Å². The van der Waals surface area contributed by atoms with E-state index >= 15 is 0 Å². The summed E-state index contributed by atoms with van der Waals surface area (Å²) in [5.74, 6) is 1.83. The van der Waals surface area contributed by atoms with Crippen LogP contribution in [0.15, 0.2) is 36.4 Å². The summed E-state index contributed by atoms with van der Waals surface area (Å²) in [4.78, 5) is 0.140. The van der Waals surface area contributed by atoms with Crippen molar-refractivity contribution in [1.29, 1.82) is 0 Å².